The van der Waals surface area contributed by atoms with E-state index in [9.17, 15) is 4.79 Å². The molecule has 1 aliphatic heterocycles. The van der Waals surface area contributed by atoms with Crippen molar-refractivity contribution < 1.29 is 4.79 Å². The lowest BCUT2D eigenvalue weighted by molar-refractivity contribution is -0.115. The van der Waals surface area contributed by atoms with E-state index in [1.807, 2.05) is 12.1 Å². The van der Waals surface area contributed by atoms with Crippen molar-refractivity contribution in [1.29, 1.82) is 0 Å². The van der Waals surface area contributed by atoms with Crippen molar-refractivity contribution in [2.24, 2.45) is 11.3 Å². The lowest BCUT2D eigenvalue weighted by Gasteiger charge is -2.39. The van der Waals surface area contributed by atoms with E-state index in [4.69, 9.17) is 0 Å². The molecule has 0 aliphatic carbocycles. The van der Waals surface area contributed by atoms with E-state index in [0.29, 0.717) is 11.8 Å². The number of hydrogen-bond donors (Lipinski definition) is 1. The van der Waals surface area contributed by atoms with Crippen molar-refractivity contribution >= 4 is 17.3 Å². The molecule has 3 aromatic rings. The van der Waals surface area contributed by atoms with Gasteiger partial charge in [0.15, 0.2) is 0 Å². The van der Waals surface area contributed by atoms with E-state index >= 15 is 0 Å². The highest BCUT2D eigenvalue weighted by atomic mass is 16.1. The van der Waals surface area contributed by atoms with Crippen molar-refractivity contribution in [1.82, 2.24) is 0 Å². The molecule has 3 aromatic carbocycles. The van der Waals surface area contributed by atoms with Gasteiger partial charge < -0.3 is 10.2 Å². The van der Waals surface area contributed by atoms with Crippen molar-refractivity contribution in [3.05, 3.63) is 82.9 Å². The minimum absolute atomic E-state index is 0.0131. The predicted molar refractivity (Wildman–Crippen MR) is 149 cm³/mol. The Morgan fingerprint density at radius 2 is 1.46 bits per heavy atom. The van der Waals surface area contributed by atoms with Gasteiger partial charge in [0.25, 0.3) is 0 Å². The molecule has 0 radical (unpaired) electrons. The largest absolute Gasteiger partial charge is 0.372 e. The third kappa shape index (κ3) is 6.14. The average Bonchev–Trinajstić information content (AvgIpc) is 2.79. The molecule has 1 heterocycles. The first kappa shape index (κ1) is 25.0. The van der Waals surface area contributed by atoms with E-state index in [1.54, 1.807) is 0 Å². The minimum Gasteiger partial charge on any atom is -0.372 e. The summed E-state index contributed by atoms with van der Waals surface area (Å²) >= 11 is 0. The summed E-state index contributed by atoms with van der Waals surface area (Å²) in [7, 11) is 0. The summed E-state index contributed by atoms with van der Waals surface area (Å²) in [5, 5.41) is 3.05. The second-order valence-electron chi connectivity index (χ2n) is 11.4. The Morgan fingerprint density at radius 3 is 2.00 bits per heavy atom. The Morgan fingerprint density at radius 1 is 0.886 bits per heavy atom. The van der Waals surface area contributed by atoms with Gasteiger partial charge >= 0.3 is 0 Å². The van der Waals surface area contributed by atoms with Crippen LogP contribution in [0, 0.1) is 32.1 Å². The standard InChI is InChI=1S/C32H40N2O/c1-22-19-23(2)31(24(3)20-22)26-9-11-28(12-10-26)33-30(35)21-25-7-13-29(14-8-25)34-17-15-27(16-18-34)32(4,5)6/h7-14,19-20,27H,15-18,21H2,1-6H3,(H,33,35). The lowest BCUT2D eigenvalue weighted by atomic mass is 9.75. The summed E-state index contributed by atoms with van der Waals surface area (Å²) in [5.74, 6) is 0.805. The fourth-order valence-electron chi connectivity index (χ4n) is 5.57. The van der Waals surface area contributed by atoms with Crippen LogP contribution < -0.4 is 10.2 Å². The molecule has 1 fully saturated rings. The highest BCUT2D eigenvalue weighted by Crippen LogP contribution is 2.35. The van der Waals surface area contributed by atoms with Gasteiger partial charge in [-0.15, -0.1) is 0 Å². The number of benzene rings is 3. The molecule has 0 spiro atoms. The number of aryl methyl sites for hydroxylation is 3. The van der Waals surface area contributed by atoms with Gasteiger partial charge in [0.2, 0.25) is 5.91 Å². The summed E-state index contributed by atoms with van der Waals surface area (Å²) in [6, 6.07) is 21.1. The van der Waals surface area contributed by atoms with E-state index in [0.717, 1.165) is 30.3 Å². The van der Waals surface area contributed by atoms with Crippen LogP contribution >= 0.6 is 0 Å². The SMILES string of the molecule is Cc1cc(C)c(-c2ccc(NC(=O)Cc3ccc(N4CCC(C(C)(C)C)CC4)cc3)cc2)c(C)c1. The number of piperidine rings is 1. The van der Waals surface area contributed by atoms with Crippen molar-refractivity contribution in [3.63, 3.8) is 0 Å². The van der Waals surface area contributed by atoms with Gasteiger partial charge in [0.1, 0.15) is 0 Å². The molecule has 3 heteroatoms. The Labute approximate surface area is 211 Å². The quantitative estimate of drug-likeness (QED) is 0.416. The van der Waals surface area contributed by atoms with Crippen LogP contribution in [0.25, 0.3) is 11.1 Å². The van der Waals surface area contributed by atoms with Crippen molar-refractivity contribution in [3.8, 4) is 11.1 Å². The summed E-state index contributed by atoms with van der Waals surface area (Å²) in [6.07, 6.45) is 2.87. The molecule has 1 amide bonds. The maximum Gasteiger partial charge on any atom is 0.228 e. The number of rotatable bonds is 5. The normalized spacial score (nSPS) is 14.7. The zero-order chi connectivity index (χ0) is 25.2. The maximum atomic E-state index is 12.7. The molecule has 0 bridgehead atoms. The molecule has 0 unspecified atom stereocenters. The molecule has 1 aliphatic rings. The summed E-state index contributed by atoms with van der Waals surface area (Å²) in [4.78, 5) is 15.2. The second-order valence-corrected chi connectivity index (χ2v) is 11.4. The minimum atomic E-state index is 0.0131. The molecule has 0 saturated carbocycles. The van der Waals surface area contributed by atoms with E-state index in [1.165, 1.54) is 46.3 Å². The third-order valence-electron chi connectivity index (χ3n) is 7.52. The summed E-state index contributed by atoms with van der Waals surface area (Å²) in [5.41, 5.74) is 9.82. The van der Waals surface area contributed by atoms with Crippen LogP contribution in [0.5, 0.6) is 0 Å². The molecule has 0 atom stereocenters. The van der Waals surface area contributed by atoms with Crippen LogP contribution in [0.3, 0.4) is 0 Å². The fourth-order valence-corrected chi connectivity index (χ4v) is 5.57. The molecule has 3 nitrogen and oxygen atoms in total. The van der Waals surface area contributed by atoms with Crippen molar-refractivity contribution in [2.45, 2.75) is 60.8 Å². The predicted octanol–water partition coefficient (Wildman–Crippen LogP) is 7.72. The average molecular weight is 469 g/mol. The van der Waals surface area contributed by atoms with Gasteiger partial charge in [-0.2, -0.15) is 0 Å². The number of hydrogen-bond acceptors (Lipinski definition) is 2. The molecule has 0 aromatic heterocycles. The molecule has 1 saturated heterocycles. The molecule has 4 rings (SSSR count). The summed E-state index contributed by atoms with van der Waals surface area (Å²) < 4.78 is 0. The van der Waals surface area contributed by atoms with Gasteiger partial charge in [-0.1, -0.05) is 62.7 Å². The first-order valence-corrected chi connectivity index (χ1v) is 12.9. The smallest absolute Gasteiger partial charge is 0.228 e. The Bertz CT molecular complexity index is 1140. The lowest BCUT2D eigenvalue weighted by Crippen LogP contribution is -2.38. The molecule has 184 valence electrons. The number of carbonyl (C=O) groups is 1. The van der Waals surface area contributed by atoms with E-state index in [2.05, 4.69) is 100 Å². The van der Waals surface area contributed by atoms with Crippen LogP contribution in [0.4, 0.5) is 11.4 Å². The van der Waals surface area contributed by atoms with E-state index < -0.39 is 0 Å². The fraction of sp³-hybridized carbons (Fsp3) is 0.406. The Kier molecular flexibility index (Phi) is 7.35. The first-order valence-electron chi connectivity index (χ1n) is 12.9. The van der Waals surface area contributed by atoms with Crippen LogP contribution in [0.15, 0.2) is 60.7 Å². The van der Waals surface area contributed by atoms with Gasteiger partial charge in [0, 0.05) is 24.5 Å². The maximum absolute atomic E-state index is 12.7. The highest BCUT2D eigenvalue weighted by molar-refractivity contribution is 5.92. The van der Waals surface area contributed by atoms with Gasteiger partial charge in [-0.25, -0.2) is 0 Å². The number of anilines is 2. The molecular weight excluding hydrogens is 428 g/mol. The Balaban J connectivity index is 1.33. The zero-order valence-electron chi connectivity index (χ0n) is 22.2. The highest BCUT2D eigenvalue weighted by Gasteiger charge is 2.28. The van der Waals surface area contributed by atoms with Gasteiger partial charge in [-0.05, 0) is 97.0 Å². The number of nitrogens with one attached hydrogen (secondary N) is 1. The monoisotopic (exact) mass is 468 g/mol. The van der Waals surface area contributed by atoms with Crippen LogP contribution in [0.2, 0.25) is 0 Å². The van der Waals surface area contributed by atoms with Crippen LogP contribution in [-0.4, -0.2) is 19.0 Å². The number of nitrogens with zero attached hydrogens (tertiary/aromatic N) is 1. The molecule has 1 N–H and O–H groups in total. The Hall–Kier alpha value is -3.07. The first-order chi connectivity index (χ1) is 16.6. The van der Waals surface area contributed by atoms with Gasteiger partial charge in [-0.3, -0.25) is 4.79 Å². The number of carbonyl (C=O) groups excluding carboxylic acids is 1. The zero-order valence-corrected chi connectivity index (χ0v) is 22.2. The van der Waals surface area contributed by atoms with Gasteiger partial charge in [0.05, 0.1) is 6.42 Å². The van der Waals surface area contributed by atoms with E-state index in [-0.39, 0.29) is 5.91 Å². The van der Waals surface area contributed by atoms with Crippen LogP contribution in [-0.2, 0) is 11.2 Å². The molecular formula is C32H40N2O. The topological polar surface area (TPSA) is 32.3 Å². The summed E-state index contributed by atoms with van der Waals surface area (Å²) in [6.45, 7) is 15.7. The van der Waals surface area contributed by atoms with Crippen LogP contribution in [0.1, 0.15) is 55.9 Å². The third-order valence-corrected chi connectivity index (χ3v) is 7.52. The molecule has 35 heavy (non-hydrogen) atoms. The number of amides is 1. The second kappa shape index (κ2) is 10.3. The van der Waals surface area contributed by atoms with Crippen molar-refractivity contribution in [2.75, 3.05) is 23.3 Å².